The first-order valence-electron chi connectivity index (χ1n) is 8.23. The van der Waals surface area contributed by atoms with E-state index in [0.29, 0.717) is 6.54 Å². The van der Waals surface area contributed by atoms with Gasteiger partial charge in [0.1, 0.15) is 12.3 Å². The molecule has 1 fully saturated rings. The lowest BCUT2D eigenvalue weighted by Crippen LogP contribution is -2.39. The maximum Gasteiger partial charge on any atom is 0.191 e. The molecule has 2 heterocycles. The van der Waals surface area contributed by atoms with E-state index in [1.165, 1.54) is 6.42 Å². The first-order valence-corrected chi connectivity index (χ1v) is 8.23. The summed E-state index contributed by atoms with van der Waals surface area (Å²) in [6.07, 6.45) is 4.02. The summed E-state index contributed by atoms with van der Waals surface area (Å²) >= 11 is 0. The van der Waals surface area contributed by atoms with Crippen LogP contribution in [0.1, 0.15) is 25.5 Å². The Kier molecular flexibility index (Phi) is 11.1. The molecule has 0 bridgehead atoms. The van der Waals surface area contributed by atoms with E-state index in [4.69, 9.17) is 9.15 Å². The smallest absolute Gasteiger partial charge is 0.191 e. The van der Waals surface area contributed by atoms with Crippen molar-refractivity contribution >= 4 is 29.9 Å². The van der Waals surface area contributed by atoms with Crippen LogP contribution in [0.2, 0.25) is 0 Å². The number of halogens is 1. The van der Waals surface area contributed by atoms with E-state index < -0.39 is 0 Å². The molecule has 0 aliphatic carbocycles. The minimum absolute atomic E-state index is 0. The van der Waals surface area contributed by atoms with Gasteiger partial charge in [0.05, 0.1) is 19.5 Å². The van der Waals surface area contributed by atoms with Gasteiger partial charge in [0.15, 0.2) is 5.96 Å². The zero-order valence-electron chi connectivity index (χ0n) is 13.9. The summed E-state index contributed by atoms with van der Waals surface area (Å²) in [4.78, 5) is 6.99. The maximum atomic E-state index is 5.36. The molecule has 0 radical (unpaired) electrons. The summed E-state index contributed by atoms with van der Waals surface area (Å²) in [5.41, 5.74) is 0. The largest absolute Gasteiger partial charge is 0.467 e. The highest BCUT2D eigenvalue weighted by Crippen LogP contribution is 2.01. The lowest BCUT2D eigenvalue weighted by molar-refractivity contribution is 0.0372. The van der Waals surface area contributed by atoms with E-state index in [9.17, 15) is 0 Å². The van der Waals surface area contributed by atoms with Crippen molar-refractivity contribution in [1.82, 2.24) is 15.5 Å². The number of guanidine groups is 1. The van der Waals surface area contributed by atoms with Crippen LogP contribution in [0.5, 0.6) is 0 Å². The van der Waals surface area contributed by atoms with Crippen LogP contribution in [0.3, 0.4) is 0 Å². The number of aliphatic imine (C=N–C) groups is 1. The average Bonchev–Trinajstić information content (AvgIpc) is 3.06. The van der Waals surface area contributed by atoms with E-state index in [0.717, 1.165) is 64.1 Å². The fourth-order valence-electron chi connectivity index (χ4n) is 2.39. The van der Waals surface area contributed by atoms with Crippen molar-refractivity contribution in [2.24, 2.45) is 4.99 Å². The fourth-order valence-corrected chi connectivity index (χ4v) is 2.39. The molecule has 1 aliphatic rings. The quantitative estimate of drug-likeness (QED) is 0.283. The highest BCUT2D eigenvalue weighted by atomic mass is 127. The topological polar surface area (TPSA) is 62.0 Å². The monoisotopic (exact) mass is 436 g/mol. The van der Waals surface area contributed by atoms with Crippen molar-refractivity contribution in [2.45, 2.75) is 26.3 Å². The predicted molar refractivity (Wildman–Crippen MR) is 103 cm³/mol. The molecule has 6 nitrogen and oxygen atoms in total. The first kappa shape index (κ1) is 20.2. The van der Waals surface area contributed by atoms with Crippen LogP contribution in [0.4, 0.5) is 0 Å². The maximum absolute atomic E-state index is 5.36. The molecule has 1 aromatic heterocycles. The van der Waals surface area contributed by atoms with Crippen LogP contribution in [0, 0.1) is 0 Å². The fraction of sp³-hybridized carbons (Fsp3) is 0.688. The third kappa shape index (κ3) is 8.57. The van der Waals surface area contributed by atoms with Gasteiger partial charge in [-0.2, -0.15) is 0 Å². The number of hydrogen-bond acceptors (Lipinski definition) is 4. The SMILES string of the molecule is CCNC(=NCc1ccco1)NCCCCN1CCOCC1.I. The van der Waals surface area contributed by atoms with Gasteiger partial charge in [-0.3, -0.25) is 4.90 Å². The zero-order valence-corrected chi connectivity index (χ0v) is 16.3. The lowest BCUT2D eigenvalue weighted by atomic mass is 10.3. The molecule has 0 unspecified atom stereocenters. The molecular weight excluding hydrogens is 407 g/mol. The number of nitrogens with zero attached hydrogens (tertiary/aromatic N) is 2. The van der Waals surface area contributed by atoms with Gasteiger partial charge in [-0.15, -0.1) is 24.0 Å². The highest BCUT2D eigenvalue weighted by molar-refractivity contribution is 14.0. The number of ether oxygens (including phenoxy) is 1. The van der Waals surface area contributed by atoms with E-state index >= 15 is 0 Å². The molecule has 132 valence electrons. The number of furan rings is 1. The van der Waals surface area contributed by atoms with Crippen LogP contribution in [0.25, 0.3) is 0 Å². The van der Waals surface area contributed by atoms with E-state index in [1.54, 1.807) is 6.26 Å². The third-order valence-corrected chi connectivity index (χ3v) is 3.61. The number of morpholine rings is 1. The van der Waals surface area contributed by atoms with Crippen molar-refractivity contribution < 1.29 is 9.15 Å². The van der Waals surface area contributed by atoms with Crippen LogP contribution in [-0.2, 0) is 11.3 Å². The average molecular weight is 436 g/mol. The second-order valence-electron chi connectivity index (χ2n) is 5.36. The van der Waals surface area contributed by atoms with Crippen LogP contribution < -0.4 is 10.6 Å². The van der Waals surface area contributed by atoms with E-state index in [1.807, 2.05) is 12.1 Å². The minimum atomic E-state index is 0. The van der Waals surface area contributed by atoms with Crippen LogP contribution in [0.15, 0.2) is 27.8 Å². The second-order valence-corrected chi connectivity index (χ2v) is 5.36. The van der Waals surface area contributed by atoms with Gasteiger partial charge in [0, 0.05) is 26.2 Å². The van der Waals surface area contributed by atoms with Gasteiger partial charge in [0.2, 0.25) is 0 Å². The Morgan fingerprint density at radius 1 is 1.26 bits per heavy atom. The summed E-state index contributed by atoms with van der Waals surface area (Å²) in [5, 5.41) is 6.63. The molecule has 1 aromatic rings. The predicted octanol–water partition coefficient (Wildman–Crippen LogP) is 2.07. The molecule has 0 aromatic carbocycles. The number of hydrogen-bond donors (Lipinski definition) is 2. The van der Waals surface area contributed by atoms with Crippen molar-refractivity contribution in [3.05, 3.63) is 24.2 Å². The minimum Gasteiger partial charge on any atom is -0.467 e. The Balaban J connectivity index is 0.00000264. The van der Waals surface area contributed by atoms with Crippen LogP contribution in [-0.4, -0.2) is 56.8 Å². The summed E-state index contributed by atoms with van der Waals surface area (Å²) in [5.74, 6) is 1.73. The number of unbranched alkanes of at least 4 members (excludes halogenated alkanes) is 1. The molecule has 2 rings (SSSR count). The van der Waals surface area contributed by atoms with Crippen LogP contribution >= 0.6 is 24.0 Å². The van der Waals surface area contributed by atoms with Gasteiger partial charge in [-0.05, 0) is 38.4 Å². The Morgan fingerprint density at radius 2 is 2.09 bits per heavy atom. The van der Waals surface area contributed by atoms with Gasteiger partial charge < -0.3 is 19.8 Å². The lowest BCUT2D eigenvalue weighted by Gasteiger charge is -2.26. The summed E-state index contributed by atoms with van der Waals surface area (Å²) in [6.45, 7) is 9.49. The zero-order chi connectivity index (χ0) is 15.5. The van der Waals surface area contributed by atoms with Gasteiger partial charge in [-0.25, -0.2) is 4.99 Å². The number of rotatable bonds is 8. The molecule has 0 amide bonds. The van der Waals surface area contributed by atoms with Crippen molar-refractivity contribution in [2.75, 3.05) is 45.9 Å². The Labute approximate surface area is 156 Å². The molecular formula is C16H29IN4O2. The molecule has 1 saturated heterocycles. The standard InChI is InChI=1S/C16H28N4O2.HI/c1-2-17-16(19-14-15-6-5-11-22-15)18-7-3-4-8-20-9-12-21-13-10-20;/h5-6,11H,2-4,7-10,12-14H2,1H3,(H2,17,18,19);1H. The molecule has 0 spiro atoms. The molecule has 23 heavy (non-hydrogen) atoms. The normalized spacial score (nSPS) is 16.0. The summed E-state index contributed by atoms with van der Waals surface area (Å²) in [6, 6.07) is 3.83. The Bertz CT molecular complexity index is 420. The second kappa shape index (κ2) is 12.6. The Hall–Kier alpha value is -0.800. The molecule has 7 heteroatoms. The van der Waals surface area contributed by atoms with E-state index in [2.05, 4.69) is 27.4 Å². The highest BCUT2D eigenvalue weighted by Gasteiger charge is 2.09. The molecule has 0 atom stereocenters. The van der Waals surface area contributed by atoms with Gasteiger partial charge in [0.25, 0.3) is 0 Å². The third-order valence-electron chi connectivity index (χ3n) is 3.61. The van der Waals surface area contributed by atoms with Crippen molar-refractivity contribution in [3.63, 3.8) is 0 Å². The van der Waals surface area contributed by atoms with Gasteiger partial charge in [-0.1, -0.05) is 0 Å². The van der Waals surface area contributed by atoms with Crippen molar-refractivity contribution in [3.8, 4) is 0 Å². The molecule has 0 saturated carbocycles. The van der Waals surface area contributed by atoms with Crippen molar-refractivity contribution in [1.29, 1.82) is 0 Å². The molecule has 2 N–H and O–H groups in total. The van der Waals surface area contributed by atoms with Gasteiger partial charge >= 0.3 is 0 Å². The first-order chi connectivity index (χ1) is 10.9. The molecule has 1 aliphatic heterocycles. The number of nitrogens with one attached hydrogen (secondary N) is 2. The summed E-state index contributed by atoms with van der Waals surface area (Å²) < 4.78 is 10.7. The summed E-state index contributed by atoms with van der Waals surface area (Å²) in [7, 11) is 0. The van der Waals surface area contributed by atoms with E-state index in [-0.39, 0.29) is 24.0 Å². The Morgan fingerprint density at radius 3 is 2.78 bits per heavy atom.